The van der Waals surface area contributed by atoms with E-state index in [1.165, 1.54) is 6.07 Å². The lowest BCUT2D eigenvalue weighted by Crippen LogP contribution is -2.19. The number of nitrogens with one attached hydrogen (secondary N) is 1. The molecule has 8 nitrogen and oxygen atoms in total. The van der Waals surface area contributed by atoms with Crippen LogP contribution in [0.5, 0.6) is 17.2 Å². The van der Waals surface area contributed by atoms with Crippen LogP contribution in [0.3, 0.4) is 0 Å². The lowest BCUT2D eigenvalue weighted by atomic mass is 10.1. The summed E-state index contributed by atoms with van der Waals surface area (Å²) in [6, 6.07) is 9.60. The molecule has 2 aromatic rings. The molecule has 0 radical (unpaired) electrons. The fourth-order valence-electron chi connectivity index (χ4n) is 2.90. The van der Waals surface area contributed by atoms with Crippen LogP contribution in [0.1, 0.15) is 30.6 Å². The number of carboxylic acid groups (broad SMARTS) is 1. The smallest absolute Gasteiger partial charge is 0.349 e. The van der Waals surface area contributed by atoms with Crippen LogP contribution in [0.2, 0.25) is 0 Å². The Kier molecular flexibility index (Phi) is 5.64. The molecule has 0 fully saturated rings. The van der Waals surface area contributed by atoms with Crippen molar-refractivity contribution in [2.75, 3.05) is 17.8 Å². The standard InChI is InChI=1S/C19H21NO7S/c1-3-4-12-9-14(20-28(2,23)24)6-8-15(12)27-18(19(21)22)13-5-7-16-17(10-13)26-11-25-16/h5-10,18,20H,3-4,11H2,1-2H3,(H,21,22). The lowest BCUT2D eigenvalue weighted by Gasteiger charge is -2.19. The van der Waals surface area contributed by atoms with Crippen LogP contribution in [0, 0.1) is 0 Å². The first-order valence-electron chi connectivity index (χ1n) is 8.66. The lowest BCUT2D eigenvalue weighted by molar-refractivity contribution is -0.145. The average molecular weight is 407 g/mol. The maximum Gasteiger partial charge on any atom is 0.349 e. The molecule has 2 aromatic carbocycles. The van der Waals surface area contributed by atoms with Crippen molar-refractivity contribution in [1.29, 1.82) is 0 Å². The van der Waals surface area contributed by atoms with Crippen molar-refractivity contribution < 1.29 is 32.5 Å². The van der Waals surface area contributed by atoms with Gasteiger partial charge in [-0.2, -0.15) is 0 Å². The van der Waals surface area contributed by atoms with Crippen LogP contribution in [0.4, 0.5) is 5.69 Å². The molecule has 28 heavy (non-hydrogen) atoms. The summed E-state index contributed by atoms with van der Waals surface area (Å²) in [6.45, 7) is 2.06. The molecular weight excluding hydrogens is 386 g/mol. The quantitative estimate of drug-likeness (QED) is 0.692. The third-order valence-corrected chi connectivity index (χ3v) is 4.66. The summed E-state index contributed by atoms with van der Waals surface area (Å²) in [5.41, 5.74) is 1.52. The third kappa shape index (κ3) is 4.66. The number of aliphatic carboxylic acids is 1. The normalized spacial score (nSPS) is 13.8. The maximum atomic E-state index is 11.8. The molecule has 0 spiro atoms. The van der Waals surface area contributed by atoms with E-state index in [0.717, 1.165) is 12.7 Å². The third-order valence-electron chi connectivity index (χ3n) is 4.05. The molecule has 0 amide bonds. The summed E-state index contributed by atoms with van der Waals surface area (Å²) < 4.78 is 41.7. The molecule has 0 bridgehead atoms. The van der Waals surface area contributed by atoms with Crippen LogP contribution in [0.15, 0.2) is 36.4 Å². The Hall–Kier alpha value is -2.94. The molecule has 2 N–H and O–H groups in total. The minimum atomic E-state index is -3.42. The van der Waals surface area contributed by atoms with Crippen molar-refractivity contribution in [2.24, 2.45) is 0 Å². The number of fused-ring (bicyclic) bond motifs is 1. The highest BCUT2D eigenvalue weighted by atomic mass is 32.2. The molecule has 9 heteroatoms. The molecule has 1 aliphatic heterocycles. The number of carbonyl (C=O) groups is 1. The largest absolute Gasteiger partial charge is 0.478 e. The van der Waals surface area contributed by atoms with Gasteiger partial charge in [0.1, 0.15) is 5.75 Å². The first kappa shape index (κ1) is 19.8. The Labute approximate surface area is 163 Å². The van der Waals surface area contributed by atoms with Gasteiger partial charge in [0.05, 0.1) is 6.26 Å². The van der Waals surface area contributed by atoms with Gasteiger partial charge in [0.15, 0.2) is 11.5 Å². The number of anilines is 1. The Morgan fingerprint density at radius 1 is 1.21 bits per heavy atom. The molecule has 1 heterocycles. The monoisotopic (exact) mass is 407 g/mol. The minimum absolute atomic E-state index is 0.0901. The molecule has 0 aromatic heterocycles. The molecule has 1 unspecified atom stereocenters. The molecule has 0 saturated heterocycles. The van der Waals surface area contributed by atoms with E-state index in [1.807, 2.05) is 6.92 Å². The highest BCUT2D eigenvalue weighted by molar-refractivity contribution is 7.92. The van der Waals surface area contributed by atoms with E-state index in [9.17, 15) is 18.3 Å². The number of hydrogen-bond acceptors (Lipinski definition) is 6. The van der Waals surface area contributed by atoms with Gasteiger partial charge in [0.2, 0.25) is 22.9 Å². The van der Waals surface area contributed by atoms with Crippen molar-refractivity contribution in [3.8, 4) is 17.2 Å². The number of benzene rings is 2. The van der Waals surface area contributed by atoms with Gasteiger partial charge in [-0.3, -0.25) is 4.72 Å². The number of hydrogen-bond donors (Lipinski definition) is 2. The van der Waals surface area contributed by atoms with Gasteiger partial charge >= 0.3 is 5.97 Å². The SMILES string of the molecule is CCCc1cc(NS(C)(=O)=O)ccc1OC(C(=O)O)c1ccc2c(c1)OCO2. The van der Waals surface area contributed by atoms with E-state index in [2.05, 4.69) is 4.72 Å². The van der Waals surface area contributed by atoms with Gasteiger partial charge in [0, 0.05) is 11.3 Å². The number of rotatable bonds is 8. The van der Waals surface area contributed by atoms with E-state index in [4.69, 9.17) is 14.2 Å². The molecule has 0 saturated carbocycles. The van der Waals surface area contributed by atoms with Crippen molar-refractivity contribution in [3.05, 3.63) is 47.5 Å². The van der Waals surface area contributed by atoms with Gasteiger partial charge in [-0.15, -0.1) is 0 Å². The Bertz CT molecular complexity index is 988. The fraction of sp³-hybridized carbons (Fsp3) is 0.316. The Morgan fingerprint density at radius 2 is 1.96 bits per heavy atom. The van der Waals surface area contributed by atoms with Crippen molar-refractivity contribution in [1.82, 2.24) is 0 Å². The van der Waals surface area contributed by atoms with Crippen LogP contribution in [0.25, 0.3) is 0 Å². The molecule has 150 valence electrons. The summed E-state index contributed by atoms with van der Waals surface area (Å²) >= 11 is 0. The van der Waals surface area contributed by atoms with Crippen molar-refractivity contribution in [2.45, 2.75) is 25.9 Å². The van der Waals surface area contributed by atoms with Crippen LogP contribution in [-0.4, -0.2) is 32.5 Å². The van der Waals surface area contributed by atoms with Gasteiger partial charge in [-0.1, -0.05) is 19.4 Å². The highest BCUT2D eigenvalue weighted by Crippen LogP contribution is 2.36. The summed E-state index contributed by atoms with van der Waals surface area (Å²) in [5.74, 6) is 0.246. The fourth-order valence-corrected chi connectivity index (χ4v) is 3.46. The second-order valence-electron chi connectivity index (χ2n) is 6.40. The van der Waals surface area contributed by atoms with E-state index in [1.54, 1.807) is 30.3 Å². The van der Waals surface area contributed by atoms with Gasteiger partial charge in [0.25, 0.3) is 0 Å². The van der Waals surface area contributed by atoms with Gasteiger partial charge in [-0.25, -0.2) is 13.2 Å². The number of carboxylic acids is 1. The van der Waals surface area contributed by atoms with E-state index in [0.29, 0.717) is 40.5 Å². The average Bonchev–Trinajstić information content (AvgIpc) is 3.07. The molecule has 3 rings (SSSR count). The second-order valence-corrected chi connectivity index (χ2v) is 8.14. The summed E-state index contributed by atoms with van der Waals surface area (Å²) in [7, 11) is -3.42. The molecular formula is C19H21NO7S. The summed E-state index contributed by atoms with van der Waals surface area (Å²) in [6.07, 6.45) is 1.19. The maximum absolute atomic E-state index is 11.8. The van der Waals surface area contributed by atoms with Crippen LogP contribution < -0.4 is 18.9 Å². The zero-order valence-corrected chi connectivity index (χ0v) is 16.3. The summed E-state index contributed by atoms with van der Waals surface area (Å²) in [5, 5.41) is 9.68. The number of sulfonamides is 1. The van der Waals surface area contributed by atoms with E-state index >= 15 is 0 Å². The van der Waals surface area contributed by atoms with Crippen LogP contribution in [-0.2, 0) is 21.2 Å². The molecule has 1 atom stereocenters. The Balaban J connectivity index is 1.91. The van der Waals surface area contributed by atoms with Crippen molar-refractivity contribution in [3.63, 3.8) is 0 Å². The second kappa shape index (κ2) is 7.97. The van der Waals surface area contributed by atoms with E-state index in [-0.39, 0.29) is 6.79 Å². The zero-order chi connectivity index (χ0) is 20.3. The molecule has 1 aliphatic rings. The minimum Gasteiger partial charge on any atom is -0.478 e. The number of ether oxygens (including phenoxy) is 3. The predicted octanol–water partition coefficient (Wildman–Crippen LogP) is 2.94. The van der Waals surface area contributed by atoms with Gasteiger partial charge < -0.3 is 19.3 Å². The zero-order valence-electron chi connectivity index (χ0n) is 15.5. The topological polar surface area (TPSA) is 111 Å². The van der Waals surface area contributed by atoms with E-state index < -0.39 is 22.1 Å². The summed E-state index contributed by atoms with van der Waals surface area (Å²) in [4.78, 5) is 11.8. The first-order valence-corrected chi connectivity index (χ1v) is 10.6. The first-order chi connectivity index (χ1) is 13.3. The van der Waals surface area contributed by atoms with Gasteiger partial charge in [-0.05, 0) is 42.3 Å². The molecule has 0 aliphatic carbocycles. The van der Waals surface area contributed by atoms with Crippen molar-refractivity contribution >= 4 is 21.7 Å². The number of aryl methyl sites for hydroxylation is 1. The highest BCUT2D eigenvalue weighted by Gasteiger charge is 2.26. The van der Waals surface area contributed by atoms with Crippen LogP contribution >= 0.6 is 0 Å². The predicted molar refractivity (Wildman–Crippen MR) is 102 cm³/mol. The Morgan fingerprint density at radius 3 is 2.64 bits per heavy atom.